The fourth-order valence-corrected chi connectivity index (χ4v) is 4.28. The molecule has 1 aliphatic heterocycles. The summed E-state index contributed by atoms with van der Waals surface area (Å²) >= 11 is 0. The zero-order valence-electron chi connectivity index (χ0n) is 16.1. The van der Waals surface area contributed by atoms with Gasteiger partial charge in [0, 0.05) is 45.0 Å². The van der Waals surface area contributed by atoms with Crippen molar-refractivity contribution in [2.24, 2.45) is 5.92 Å². The molecule has 0 atom stereocenters. The zero-order chi connectivity index (χ0) is 19.4. The molecule has 1 saturated heterocycles. The number of pyridine rings is 1. The van der Waals surface area contributed by atoms with E-state index in [9.17, 15) is 13.2 Å². The van der Waals surface area contributed by atoms with E-state index in [4.69, 9.17) is 4.74 Å². The lowest BCUT2D eigenvalue weighted by atomic mass is 9.88. The maximum atomic E-state index is 12.6. The molecule has 1 aromatic rings. The van der Waals surface area contributed by atoms with Gasteiger partial charge in [0.2, 0.25) is 21.8 Å². The predicted octanol–water partition coefficient (Wildman–Crippen LogP) is 2.43. The van der Waals surface area contributed by atoms with E-state index in [0.29, 0.717) is 17.5 Å². The maximum absolute atomic E-state index is 12.6. The maximum Gasteiger partial charge on any atom is 0.232 e. The van der Waals surface area contributed by atoms with Gasteiger partial charge in [0.15, 0.2) is 0 Å². The molecule has 0 bridgehead atoms. The standard InChI is InChI=1S/C19H29N3O4S/c1-21(27(2,24)25)16-8-9-18(20-14-16)26-17-10-12-22(13-11-17)19(23)15-6-4-3-5-7-15/h8-9,14-15,17H,3-7,10-13H2,1-2H3. The van der Waals surface area contributed by atoms with Crippen LogP contribution in [0.1, 0.15) is 44.9 Å². The topological polar surface area (TPSA) is 79.8 Å². The molecular formula is C19H29N3O4S. The third-order valence-corrected chi connectivity index (χ3v) is 6.78. The number of piperidine rings is 1. The first-order valence-electron chi connectivity index (χ1n) is 9.70. The summed E-state index contributed by atoms with van der Waals surface area (Å²) in [7, 11) is -1.81. The van der Waals surface area contributed by atoms with Crippen LogP contribution in [0.25, 0.3) is 0 Å². The molecule has 2 fully saturated rings. The van der Waals surface area contributed by atoms with Gasteiger partial charge in [-0.05, 0) is 18.9 Å². The van der Waals surface area contributed by atoms with Crippen LogP contribution >= 0.6 is 0 Å². The Kier molecular flexibility index (Phi) is 6.24. The normalized spacial score (nSPS) is 19.7. The monoisotopic (exact) mass is 395 g/mol. The van der Waals surface area contributed by atoms with Crippen LogP contribution in [0.2, 0.25) is 0 Å². The van der Waals surface area contributed by atoms with E-state index in [1.54, 1.807) is 12.1 Å². The largest absolute Gasteiger partial charge is 0.474 e. The van der Waals surface area contributed by atoms with Gasteiger partial charge in [-0.1, -0.05) is 19.3 Å². The molecule has 0 N–H and O–H groups in total. The number of sulfonamides is 1. The number of nitrogens with zero attached hydrogens (tertiary/aromatic N) is 3. The second kappa shape index (κ2) is 8.46. The molecule has 0 aromatic carbocycles. The Morgan fingerprint density at radius 3 is 2.37 bits per heavy atom. The first-order chi connectivity index (χ1) is 12.8. The summed E-state index contributed by atoms with van der Waals surface area (Å²) in [5, 5.41) is 0. The molecule has 7 nitrogen and oxygen atoms in total. The number of hydrogen-bond acceptors (Lipinski definition) is 5. The molecule has 1 saturated carbocycles. The molecule has 2 aliphatic rings. The summed E-state index contributed by atoms with van der Waals surface area (Å²) in [4.78, 5) is 18.8. The van der Waals surface area contributed by atoms with Crippen LogP contribution in [-0.4, -0.2) is 56.7 Å². The van der Waals surface area contributed by atoms with Gasteiger partial charge in [-0.15, -0.1) is 0 Å². The Balaban J connectivity index is 1.49. The molecule has 3 rings (SSSR count). The highest BCUT2D eigenvalue weighted by Crippen LogP contribution is 2.27. The van der Waals surface area contributed by atoms with Gasteiger partial charge in [0.25, 0.3) is 0 Å². The van der Waals surface area contributed by atoms with Gasteiger partial charge in [0.05, 0.1) is 18.1 Å². The summed E-state index contributed by atoms with van der Waals surface area (Å²) in [6.45, 7) is 1.46. The number of ether oxygens (including phenoxy) is 1. The molecular weight excluding hydrogens is 366 g/mol. The number of aromatic nitrogens is 1. The summed E-state index contributed by atoms with van der Waals surface area (Å²) in [6, 6.07) is 3.38. The number of amides is 1. The number of anilines is 1. The van der Waals surface area contributed by atoms with Gasteiger partial charge in [-0.3, -0.25) is 9.10 Å². The highest BCUT2D eigenvalue weighted by Gasteiger charge is 2.29. The summed E-state index contributed by atoms with van der Waals surface area (Å²) in [5.74, 6) is 1.02. The minimum absolute atomic E-state index is 0.0337. The second-order valence-electron chi connectivity index (χ2n) is 7.56. The summed E-state index contributed by atoms with van der Waals surface area (Å²) < 4.78 is 30.2. The molecule has 2 heterocycles. The van der Waals surface area contributed by atoms with Gasteiger partial charge in [-0.2, -0.15) is 0 Å². The number of likely N-dealkylation sites (tertiary alicyclic amines) is 1. The minimum atomic E-state index is -3.30. The van der Waals surface area contributed by atoms with E-state index < -0.39 is 10.0 Å². The molecule has 27 heavy (non-hydrogen) atoms. The molecule has 1 amide bonds. The lowest BCUT2D eigenvalue weighted by molar-refractivity contribution is -0.138. The van der Waals surface area contributed by atoms with Crippen molar-refractivity contribution in [3.05, 3.63) is 18.3 Å². The zero-order valence-corrected chi connectivity index (χ0v) is 17.0. The van der Waals surface area contributed by atoms with Crippen LogP contribution in [0.3, 0.4) is 0 Å². The van der Waals surface area contributed by atoms with E-state index >= 15 is 0 Å². The van der Waals surface area contributed by atoms with Crippen molar-refractivity contribution in [3.63, 3.8) is 0 Å². The fraction of sp³-hybridized carbons (Fsp3) is 0.684. The Morgan fingerprint density at radius 2 is 1.81 bits per heavy atom. The number of hydrogen-bond donors (Lipinski definition) is 0. The van der Waals surface area contributed by atoms with Crippen molar-refractivity contribution in [1.29, 1.82) is 0 Å². The Labute approximate surface area is 161 Å². The van der Waals surface area contributed by atoms with Gasteiger partial charge in [-0.25, -0.2) is 13.4 Å². The van der Waals surface area contributed by atoms with Crippen LogP contribution in [-0.2, 0) is 14.8 Å². The van der Waals surface area contributed by atoms with Crippen molar-refractivity contribution in [2.75, 3.05) is 30.7 Å². The van der Waals surface area contributed by atoms with Gasteiger partial charge in [0.1, 0.15) is 6.10 Å². The molecule has 1 aliphatic carbocycles. The van der Waals surface area contributed by atoms with Crippen LogP contribution < -0.4 is 9.04 Å². The smallest absolute Gasteiger partial charge is 0.232 e. The minimum Gasteiger partial charge on any atom is -0.474 e. The van der Waals surface area contributed by atoms with Crippen LogP contribution in [0.15, 0.2) is 18.3 Å². The third kappa shape index (κ3) is 5.12. The lowest BCUT2D eigenvalue weighted by Crippen LogP contribution is -2.44. The summed E-state index contributed by atoms with van der Waals surface area (Å²) in [5.41, 5.74) is 0.498. The first-order valence-corrected chi connectivity index (χ1v) is 11.5. The van der Waals surface area contributed by atoms with Crippen molar-refractivity contribution in [2.45, 2.75) is 51.0 Å². The average molecular weight is 396 g/mol. The van der Waals surface area contributed by atoms with Gasteiger partial charge >= 0.3 is 0 Å². The second-order valence-corrected chi connectivity index (χ2v) is 9.58. The molecule has 1 aromatic heterocycles. The van der Waals surface area contributed by atoms with E-state index in [2.05, 4.69) is 4.98 Å². The van der Waals surface area contributed by atoms with E-state index in [-0.39, 0.29) is 12.0 Å². The van der Waals surface area contributed by atoms with E-state index in [0.717, 1.165) is 45.0 Å². The quantitative estimate of drug-likeness (QED) is 0.765. The van der Waals surface area contributed by atoms with Crippen LogP contribution in [0.5, 0.6) is 5.88 Å². The number of carbonyl (C=O) groups is 1. The lowest BCUT2D eigenvalue weighted by Gasteiger charge is -2.35. The third-order valence-electron chi connectivity index (χ3n) is 5.58. The van der Waals surface area contributed by atoms with E-state index in [1.807, 2.05) is 4.90 Å². The molecule has 150 valence electrons. The fourth-order valence-electron chi connectivity index (χ4n) is 3.79. The van der Waals surface area contributed by atoms with Crippen molar-refractivity contribution < 1.29 is 17.9 Å². The van der Waals surface area contributed by atoms with Crippen molar-refractivity contribution in [3.8, 4) is 5.88 Å². The Morgan fingerprint density at radius 1 is 1.15 bits per heavy atom. The number of rotatable bonds is 5. The highest BCUT2D eigenvalue weighted by molar-refractivity contribution is 7.92. The van der Waals surface area contributed by atoms with Crippen LogP contribution in [0, 0.1) is 5.92 Å². The van der Waals surface area contributed by atoms with Crippen molar-refractivity contribution >= 4 is 21.6 Å². The van der Waals surface area contributed by atoms with Crippen LogP contribution in [0.4, 0.5) is 5.69 Å². The summed E-state index contributed by atoms with van der Waals surface area (Å²) in [6.07, 6.45) is 9.95. The first kappa shape index (κ1) is 19.9. The Bertz CT molecular complexity index is 737. The molecule has 0 spiro atoms. The van der Waals surface area contributed by atoms with Gasteiger partial charge < -0.3 is 9.64 Å². The molecule has 0 radical (unpaired) electrons. The Hall–Kier alpha value is -1.83. The predicted molar refractivity (Wildman–Crippen MR) is 104 cm³/mol. The van der Waals surface area contributed by atoms with Crippen molar-refractivity contribution in [1.82, 2.24) is 9.88 Å². The highest BCUT2D eigenvalue weighted by atomic mass is 32.2. The molecule has 8 heteroatoms. The number of carbonyl (C=O) groups excluding carboxylic acids is 1. The molecule has 0 unspecified atom stereocenters. The van der Waals surface area contributed by atoms with E-state index in [1.165, 1.54) is 36.8 Å². The average Bonchev–Trinajstić information content (AvgIpc) is 2.68. The SMILES string of the molecule is CN(c1ccc(OC2CCN(C(=O)C3CCCCC3)CC2)nc1)S(C)(=O)=O.